The number of halogens is 1. The Balaban J connectivity index is 1.86. The van der Waals surface area contributed by atoms with Gasteiger partial charge in [0.05, 0.1) is 4.90 Å². The fraction of sp³-hybridized carbons (Fsp3) is 0.278. The number of unbranched alkanes of at least 4 members (excludes halogenated alkanes) is 1. The summed E-state index contributed by atoms with van der Waals surface area (Å²) in [6.45, 7) is 2.20. The zero-order valence-corrected chi connectivity index (χ0v) is 15.9. The van der Waals surface area contributed by atoms with Crippen LogP contribution in [-0.2, 0) is 14.8 Å². The lowest BCUT2D eigenvalue weighted by atomic mass is 10.3. The molecule has 0 atom stereocenters. The van der Waals surface area contributed by atoms with E-state index in [2.05, 4.69) is 10.0 Å². The minimum Gasteiger partial charge on any atom is -0.484 e. The van der Waals surface area contributed by atoms with Crippen LogP contribution in [0.2, 0.25) is 5.02 Å². The third kappa shape index (κ3) is 6.33. The van der Waals surface area contributed by atoms with Gasteiger partial charge in [0.1, 0.15) is 5.75 Å². The molecule has 0 aromatic heterocycles. The van der Waals surface area contributed by atoms with Crippen molar-refractivity contribution in [2.24, 2.45) is 0 Å². The average Bonchev–Trinajstić information content (AvgIpc) is 2.62. The zero-order chi connectivity index (χ0) is 19.0. The van der Waals surface area contributed by atoms with Gasteiger partial charge in [0.15, 0.2) is 6.61 Å². The van der Waals surface area contributed by atoms with Crippen LogP contribution in [0.1, 0.15) is 19.8 Å². The van der Waals surface area contributed by atoms with Crippen LogP contribution in [0, 0.1) is 0 Å². The van der Waals surface area contributed by atoms with E-state index in [-0.39, 0.29) is 17.4 Å². The molecule has 2 N–H and O–H groups in total. The van der Waals surface area contributed by atoms with E-state index in [0.717, 1.165) is 12.8 Å². The van der Waals surface area contributed by atoms with Crippen molar-refractivity contribution in [2.45, 2.75) is 24.7 Å². The van der Waals surface area contributed by atoms with Crippen molar-refractivity contribution in [2.75, 3.05) is 18.5 Å². The van der Waals surface area contributed by atoms with Crippen LogP contribution >= 0.6 is 11.6 Å². The molecule has 0 aliphatic heterocycles. The van der Waals surface area contributed by atoms with Crippen LogP contribution in [0.15, 0.2) is 53.4 Å². The molecule has 0 heterocycles. The predicted octanol–water partition coefficient (Wildman–Crippen LogP) is 3.44. The lowest BCUT2D eigenvalue weighted by Gasteiger charge is -2.09. The molecule has 0 spiro atoms. The number of rotatable bonds is 9. The van der Waals surface area contributed by atoms with E-state index in [1.807, 2.05) is 6.92 Å². The van der Waals surface area contributed by atoms with Crippen molar-refractivity contribution in [1.82, 2.24) is 4.72 Å². The van der Waals surface area contributed by atoms with Crippen molar-refractivity contribution >= 4 is 33.2 Å². The lowest BCUT2D eigenvalue weighted by Crippen LogP contribution is -2.24. The second-order valence-electron chi connectivity index (χ2n) is 5.57. The summed E-state index contributed by atoms with van der Waals surface area (Å²) in [6.07, 6.45) is 1.69. The van der Waals surface area contributed by atoms with Crippen molar-refractivity contribution in [3.05, 3.63) is 53.6 Å². The Morgan fingerprint density at radius 1 is 1.08 bits per heavy atom. The number of ether oxygens (including phenoxy) is 1. The highest BCUT2D eigenvalue weighted by atomic mass is 35.5. The molecule has 140 valence electrons. The van der Waals surface area contributed by atoms with Gasteiger partial charge < -0.3 is 10.1 Å². The summed E-state index contributed by atoms with van der Waals surface area (Å²) >= 11 is 5.78. The standard InChI is InChI=1S/C18H21ClN2O4S/c1-2-3-12-20-26(23,24)17-10-8-16(9-11-17)25-13-18(22)21-15-6-4-14(19)5-7-15/h4-11,20H,2-3,12-13H2,1H3,(H,21,22). The summed E-state index contributed by atoms with van der Waals surface area (Å²) in [5.74, 6) is 0.0778. The normalized spacial score (nSPS) is 11.2. The first-order valence-corrected chi connectivity index (χ1v) is 10.0. The van der Waals surface area contributed by atoms with Gasteiger partial charge in [0, 0.05) is 17.3 Å². The summed E-state index contributed by atoms with van der Waals surface area (Å²) < 4.78 is 32.1. The summed E-state index contributed by atoms with van der Waals surface area (Å²) in [5, 5.41) is 3.26. The second-order valence-corrected chi connectivity index (χ2v) is 7.77. The first kappa shape index (κ1) is 20.2. The maximum absolute atomic E-state index is 12.1. The van der Waals surface area contributed by atoms with Crippen LogP contribution in [0.5, 0.6) is 5.75 Å². The molecule has 0 aliphatic rings. The summed E-state index contributed by atoms with van der Waals surface area (Å²) in [4.78, 5) is 12.0. The lowest BCUT2D eigenvalue weighted by molar-refractivity contribution is -0.118. The summed E-state index contributed by atoms with van der Waals surface area (Å²) in [7, 11) is -3.52. The Morgan fingerprint density at radius 3 is 2.35 bits per heavy atom. The molecule has 0 bridgehead atoms. The summed E-state index contributed by atoms with van der Waals surface area (Å²) in [6, 6.07) is 12.6. The molecule has 2 aromatic rings. The third-order valence-corrected chi connectivity index (χ3v) is 5.18. The third-order valence-electron chi connectivity index (χ3n) is 3.45. The van der Waals surface area contributed by atoms with Gasteiger partial charge in [-0.2, -0.15) is 0 Å². The zero-order valence-electron chi connectivity index (χ0n) is 14.4. The van der Waals surface area contributed by atoms with E-state index in [0.29, 0.717) is 23.0 Å². The number of carbonyl (C=O) groups excluding carboxylic acids is 1. The minimum absolute atomic E-state index is 0.159. The maximum Gasteiger partial charge on any atom is 0.262 e. The maximum atomic E-state index is 12.1. The molecule has 0 fully saturated rings. The Kier molecular flexibility index (Phi) is 7.44. The number of nitrogens with one attached hydrogen (secondary N) is 2. The van der Waals surface area contributed by atoms with Gasteiger partial charge >= 0.3 is 0 Å². The molecule has 2 rings (SSSR count). The highest BCUT2D eigenvalue weighted by Crippen LogP contribution is 2.16. The highest BCUT2D eigenvalue weighted by molar-refractivity contribution is 7.89. The van der Waals surface area contributed by atoms with E-state index < -0.39 is 10.0 Å². The van der Waals surface area contributed by atoms with Crippen molar-refractivity contribution in [1.29, 1.82) is 0 Å². The van der Waals surface area contributed by atoms with E-state index in [4.69, 9.17) is 16.3 Å². The molecule has 26 heavy (non-hydrogen) atoms. The summed E-state index contributed by atoms with van der Waals surface area (Å²) in [5.41, 5.74) is 0.614. The van der Waals surface area contributed by atoms with Gasteiger partial charge in [0.2, 0.25) is 10.0 Å². The monoisotopic (exact) mass is 396 g/mol. The molecular formula is C18H21ClN2O4S. The van der Waals surface area contributed by atoms with Crippen LogP contribution in [0.4, 0.5) is 5.69 Å². The number of anilines is 1. The topological polar surface area (TPSA) is 84.5 Å². The molecule has 0 aliphatic carbocycles. The van der Waals surface area contributed by atoms with Crippen LogP contribution in [0.25, 0.3) is 0 Å². The first-order chi connectivity index (χ1) is 12.4. The van der Waals surface area contributed by atoms with Crippen LogP contribution < -0.4 is 14.8 Å². The van der Waals surface area contributed by atoms with Crippen LogP contribution in [-0.4, -0.2) is 27.5 Å². The second kappa shape index (κ2) is 9.56. The highest BCUT2D eigenvalue weighted by Gasteiger charge is 2.13. The molecule has 0 unspecified atom stereocenters. The fourth-order valence-electron chi connectivity index (χ4n) is 2.06. The molecule has 6 nitrogen and oxygen atoms in total. The fourth-order valence-corrected chi connectivity index (χ4v) is 3.26. The SMILES string of the molecule is CCCCNS(=O)(=O)c1ccc(OCC(=O)Nc2ccc(Cl)cc2)cc1. The van der Waals surface area contributed by atoms with Gasteiger partial charge in [-0.05, 0) is 55.0 Å². The predicted molar refractivity (Wildman–Crippen MR) is 102 cm³/mol. The van der Waals surface area contributed by atoms with Gasteiger partial charge in [-0.1, -0.05) is 24.9 Å². The van der Waals surface area contributed by atoms with Gasteiger partial charge in [-0.3, -0.25) is 4.79 Å². The number of sulfonamides is 1. The van der Waals surface area contributed by atoms with Crippen molar-refractivity contribution in [3.63, 3.8) is 0 Å². The van der Waals surface area contributed by atoms with Crippen molar-refractivity contribution in [3.8, 4) is 5.75 Å². The van der Waals surface area contributed by atoms with E-state index in [9.17, 15) is 13.2 Å². The van der Waals surface area contributed by atoms with Gasteiger partial charge in [-0.15, -0.1) is 0 Å². The largest absolute Gasteiger partial charge is 0.484 e. The van der Waals surface area contributed by atoms with Gasteiger partial charge in [0.25, 0.3) is 5.91 Å². The van der Waals surface area contributed by atoms with E-state index >= 15 is 0 Å². The Labute approximate surface area is 158 Å². The van der Waals surface area contributed by atoms with E-state index in [1.165, 1.54) is 24.3 Å². The Bertz CT molecular complexity index is 821. The van der Waals surface area contributed by atoms with Crippen LogP contribution in [0.3, 0.4) is 0 Å². The quantitative estimate of drug-likeness (QED) is 0.636. The smallest absolute Gasteiger partial charge is 0.262 e. The molecular weight excluding hydrogens is 376 g/mol. The molecule has 0 saturated carbocycles. The number of hydrogen-bond donors (Lipinski definition) is 2. The number of carbonyl (C=O) groups is 1. The molecule has 0 saturated heterocycles. The Morgan fingerprint density at radius 2 is 1.73 bits per heavy atom. The first-order valence-electron chi connectivity index (χ1n) is 8.18. The molecule has 8 heteroatoms. The molecule has 1 amide bonds. The number of benzene rings is 2. The van der Waals surface area contributed by atoms with Crippen molar-refractivity contribution < 1.29 is 17.9 Å². The Hall–Kier alpha value is -2.09. The average molecular weight is 397 g/mol. The molecule has 2 aromatic carbocycles. The number of amides is 1. The van der Waals surface area contributed by atoms with E-state index in [1.54, 1.807) is 24.3 Å². The minimum atomic E-state index is -3.52. The van der Waals surface area contributed by atoms with Gasteiger partial charge in [-0.25, -0.2) is 13.1 Å². The number of hydrogen-bond acceptors (Lipinski definition) is 4. The molecule has 0 radical (unpaired) electrons.